The predicted octanol–water partition coefficient (Wildman–Crippen LogP) is 1.62. The minimum Gasteiger partial charge on any atom is -0.363 e. The molecule has 0 aliphatic heterocycles. The van der Waals surface area contributed by atoms with E-state index < -0.39 is 5.91 Å². The van der Waals surface area contributed by atoms with Gasteiger partial charge in [-0.3, -0.25) is 4.79 Å². The lowest BCUT2D eigenvalue weighted by molar-refractivity contribution is 0.0991. The molecule has 1 heterocycles. The van der Waals surface area contributed by atoms with Crippen molar-refractivity contribution in [2.24, 2.45) is 5.73 Å². The Morgan fingerprint density at radius 2 is 2.25 bits per heavy atom. The summed E-state index contributed by atoms with van der Waals surface area (Å²) in [7, 11) is 0. The molecular weight excluding hydrogens is 209 g/mol. The van der Waals surface area contributed by atoms with Gasteiger partial charge in [0.25, 0.3) is 5.91 Å². The van der Waals surface area contributed by atoms with Crippen molar-refractivity contribution in [3.63, 3.8) is 0 Å². The summed E-state index contributed by atoms with van der Waals surface area (Å²) in [6, 6.07) is 4.66. The van der Waals surface area contributed by atoms with E-state index in [2.05, 4.69) is 9.97 Å². The van der Waals surface area contributed by atoms with E-state index in [1.54, 1.807) is 19.1 Å². The van der Waals surface area contributed by atoms with Gasteiger partial charge < -0.3 is 10.7 Å². The van der Waals surface area contributed by atoms with Gasteiger partial charge in [-0.1, -0.05) is 0 Å². The smallest absolute Gasteiger partial charge is 0.284 e. The number of amides is 1. The molecule has 0 fully saturated rings. The van der Waals surface area contributed by atoms with Crippen LogP contribution in [0.3, 0.4) is 0 Å². The summed E-state index contributed by atoms with van der Waals surface area (Å²) >= 11 is 0. The lowest BCUT2D eigenvalue weighted by Crippen LogP contribution is -2.12. The first kappa shape index (κ1) is 10.4. The Labute approximate surface area is 91.3 Å². The molecule has 16 heavy (non-hydrogen) atoms. The number of aromatic nitrogens is 2. The Morgan fingerprint density at radius 1 is 1.50 bits per heavy atom. The highest BCUT2D eigenvalue weighted by Gasteiger charge is 2.08. The standard InChI is InChI=1S/C11H10FN3O/c1-6-4-7(2-3-8(6)12)9-5-14-11(15-9)10(13)16/h2-5H,1H3,(H2,13,16)(H,14,15). The zero-order valence-corrected chi connectivity index (χ0v) is 8.62. The molecule has 0 saturated heterocycles. The molecule has 4 nitrogen and oxygen atoms in total. The van der Waals surface area contributed by atoms with Crippen molar-refractivity contribution >= 4 is 5.91 Å². The summed E-state index contributed by atoms with van der Waals surface area (Å²) in [5, 5.41) is 0. The number of rotatable bonds is 2. The Kier molecular flexibility index (Phi) is 2.44. The topological polar surface area (TPSA) is 71.8 Å². The highest BCUT2D eigenvalue weighted by atomic mass is 19.1. The van der Waals surface area contributed by atoms with Crippen LogP contribution in [0.1, 0.15) is 16.2 Å². The number of imidazole rings is 1. The van der Waals surface area contributed by atoms with Crippen LogP contribution in [-0.4, -0.2) is 15.9 Å². The van der Waals surface area contributed by atoms with Gasteiger partial charge in [0.15, 0.2) is 5.82 Å². The SMILES string of the molecule is Cc1cc(-c2cnc(C(N)=O)[nH]2)ccc1F. The summed E-state index contributed by atoms with van der Waals surface area (Å²) in [6.07, 6.45) is 1.49. The molecule has 2 aromatic rings. The predicted molar refractivity (Wildman–Crippen MR) is 57.2 cm³/mol. The average molecular weight is 219 g/mol. The number of primary amides is 1. The van der Waals surface area contributed by atoms with Gasteiger partial charge >= 0.3 is 0 Å². The summed E-state index contributed by atoms with van der Waals surface area (Å²) in [5.74, 6) is -0.791. The van der Waals surface area contributed by atoms with Crippen LogP contribution in [0.5, 0.6) is 0 Å². The van der Waals surface area contributed by atoms with Crippen LogP contribution < -0.4 is 5.73 Å². The first-order valence-electron chi connectivity index (χ1n) is 4.69. The number of carbonyl (C=O) groups is 1. The van der Waals surface area contributed by atoms with Crippen molar-refractivity contribution in [1.82, 2.24) is 9.97 Å². The number of nitrogens with two attached hydrogens (primary N) is 1. The van der Waals surface area contributed by atoms with Gasteiger partial charge in [-0.2, -0.15) is 0 Å². The molecule has 82 valence electrons. The summed E-state index contributed by atoms with van der Waals surface area (Å²) in [4.78, 5) is 17.4. The van der Waals surface area contributed by atoms with Crippen LogP contribution in [0.25, 0.3) is 11.3 Å². The number of aromatic amines is 1. The number of nitrogens with zero attached hydrogens (tertiary/aromatic N) is 1. The van der Waals surface area contributed by atoms with E-state index in [1.807, 2.05) is 0 Å². The molecular formula is C11H10FN3O. The molecule has 0 bridgehead atoms. The molecule has 1 aromatic carbocycles. The van der Waals surface area contributed by atoms with E-state index in [9.17, 15) is 9.18 Å². The summed E-state index contributed by atoms with van der Waals surface area (Å²) in [6.45, 7) is 1.67. The van der Waals surface area contributed by atoms with E-state index >= 15 is 0 Å². The zero-order valence-electron chi connectivity index (χ0n) is 8.62. The number of hydrogen-bond acceptors (Lipinski definition) is 2. The Hall–Kier alpha value is -2.17. The van der Waals surface area contributed by atoms with Crippen LogP contribution in [0, 0.1) is 12.7 Å². The third-order valence-electron chi connectivity index (χ3n) is 2.28. The monoisotopic (exact) mass is 219 g/mol. The molecule has 0 aliphatic carbocycles. The van der Waals surface area contributed by atoms with E-state index in [4.69, 9.17) is 5.73 Å². The second-order valence-corrected chi connectivity index (χ2v) is 3.47. The van der Waals surface area contributed by atoms with Crippen molar-refractivity contribution < 1.29 is 9.18 Å². The molecule has 5 heteroatoms. The Balaban J connectivity index is 2.42. The Bertz CT molecular complexity index is 548. The number of halogens is 1. The molecule has 0 atom stereocenters. The minimum atomic E-state index is -0.620. The summed E-state index contributed by atoms with van der Waals surface area (Å²) in [5.41, 5.74) is 7.00. The van der Waals surface area contributed by atoms with Gasteiger partial charge in [-0.05, 0) is 30.7 Å². The van der Waals surface area contributed by atoms with E-state index in [-0.39, 0.29) is 11.6 Å². The van der Waals surface area contributed by atoms with Gasteiger partial charge in [0.05, 0.1) is 11.9 Å². The van der Waals surface area contributed by atoms with Gasteiger partial charge in [-0.25, -0.2) is 9.37 Å². The second-order valence-electron chi connectivity index (χ2n) is 3.47. The fourth-order valence-corrected chi connectivity index (χ4v) is 1.41. The highest BCUT2D eigenvalue weighted by molar-refractivity contribution is 5.89. The van der Waals surface area contributed by atoms with Crippen molar-refractivity contribution in [2.75, 3.05) is 0 Å². The normalized spacial score (nSPS) is 10.4. The van der Waals surface area contributed by atoms with Gasteiger partial charge in [0.1, 0.15) is 5.82 Å². The maximum Gasteiger partial charge on any atom is 0.284 e. The molecule has 0 spiro atoms. The third-order valence-corrected chi connectivity index (χ3v) is 2.28. The van der Waals surface area contributed by atoms with Crippen LogP contribution in [-0.2, 0) is 0 Å². The fourth-order valence-electron chi connectivity index (χ4n) is 1.41. The maximum atomic E-state index is 13.0. The van der Waals surface area contributed by atoms with E-state index in [1.165, 1.54) is 12.3 Å². The Morgan fingerprint density at radius 3 is 2.81 bits per heavy atom. The van der Waals surface area contributed by atoms with Gasteiger partial charge in [-0.15, -0.1) is 0 Å². The number of nitrogens with one attached hydrogen (secondary N) is 1. The van der Waals surface area contributed by atoms with Gasteiger partial charge in [0.2, 0.25) is 0 Å². The number of aryl methyl sites for hydroxylation is 1. The van der Waals surface area contributed by atoms with Crippen molar-refractivity contribution in [3.05, 3.63) is 41.6 Å². The van der Waals surface area contributed by atoms with Crippen molar-refractivity contribution in [1.29, 1.82) is 0 Å². The number of benzene rings is 1. The summed E-state index contributed by atoms with van der Waals surface area (Å²) < 4.78 is 13.0. The number of carbonyl (C=O) groups excluding carboxylic acids is 1. The van der Waals surface area contributed by atoms with Crippen LogP contribution in [0.2, 0.25) is 0 Å². The fraction of sp³-hybridized carbons (Fsp3) is 0.0909. The molecule has 3 N–H and O–H groups in total. The van der Waals surface area contributed by atoms with E-state index in [0.717, 1.165) is 5.56 Å². The van der Waals surface area contributed by atoms with Crippen LogP contribution in [0.4, 0.5) is 4.39 Å². The third kappa shape index (κ3) is 1.79. The first-order valence-corrected chi connectivity index (χ1v) is 4.69. The highest BCUT2D eigenvalue weighted by Crippen LogP contribution is 2.19. The maximum absolute atomic E-state index is 13.0. The number of hydrogen-bond donors (Lipinski definition) is 2. The zero-order chi connectivity index (χ0) is 11.7. The first-order chi connectivity index (χ1) is 7.58. The minimum absolute atomic E-state index is 0.0944. The molecule has 1 aromatic heterocycles. The second kappa shape index (κ2) is 3.77. The molecule has 0 saturated carbocycles. The van der Waals surface area contributed by atoms with E-state index in [0.29, 0.717) is 11.3 Å². The quantitative estimate of drug-likeness (QED) is 0.805. The molecule has 0 aliphatic rings. The van der Waals surface area contributed by atoms with Crippen LogP contribution in [0.15, 0.2) is 24.4 Å². The molecule has 1 amide bonds. The molecule has 0 radical (unpaired) electrons. The number of H-pyrrole nitrogens is 1. The molecule has 0 unspecified atom stereocenters. The lowest BCUT2D eigenvalue weighted by Gasteiger charge is -2.00. The van der Waals surface area contributed by atoms with Crippen molar-refractivity contribution in [3.8, 4) is 11.3 Å². The average Bonchev–Trinajstić information content (AvgIpc) is 2.71. The largest absolute Gasteiger partial charge is 0.363 e. The molecule has 2 rings (SSSR count). The van der Waals surface area contributed by atoms with Gasteiger partial charge in [0, 0.05) is 5.56 Å². The van der Waals surface area contributed by atoms with Crippen LogP contribution >= 0.6 is 0 Å². The van der Waals surface area contributed by atoms with Crippen molar-refractivity contribution in [2.45, 2.75) is 6.92 Å². The lowest BCUT2D eigenvalue weighted by atomic mass is 10.1.